The highest BCUT2D eigenvalue weighted by Crippen LogP contribution is 2.40. The minimum absolute atomic E-state index is 0.376. The molecule has 0 radical (unpaired) electrons. The van der Waals surface area contributed by atoms with Crippen LogP contribution in [0.25, 0.3) is 0 Å². The lowest BCUT2D eigenvalue weighted by Crippen LogP contribution is -2.36. The summed E-state index contributed by atoms with van der Waals surface area (Å²) >= 11 is 0. The molecule has 0 unspecified atom stereocenters. The summed E-state index contributed by atoms with van der Waals surface area (Å²) in [5, 5.41) is 14.9. The molecule has 4 rings (SSSR count). The summed E-state index contributed by atoms with van der Waals surface area (Å²) in [5.74, 6) is 1.40. The van der Waals surface area contributed by atoms with E-state index in [1.54, 1.807) is 0 Å². The SMILES string of the molecule is Cc1ccc(OCCN2CCn3nc([C@@H](O)C4CC4)cc3C2)c(C)c1. The van der Waals surface area contributed by atoms with Gasteiger partial charge in [0.05, 0.1) is 17.9 Å². The van der Waals surface area contributed by atoms with E-state index in [2.05, 4.69) is 52.8 Å². The number of benzene rings is 1. The fraction of sp³-hybridized carbons (Fsp3) is 0.550. The Labute approximate surface area is 149 Å². The lowest BCUT2D eigenvalue weighted by atomic mass is 10.1. The first kappa shape index (κ1) is 16.6. The fourth-order valence-corrected chi connectivity index (χ4v) is 3.58. The summed E-state index contributed by atoms with van der Waals surface area (Å²) in [6, 6.07) is 8.39. The summed E-state index contributed by atoms with van der Waals surface area (Å²) in [6.07, 6.45) is 1.88. The van der Waals surface area contributed by atoms with Crippen molar-refractivity contribution >= 4 is 0 Å². The van der Waals surface area contributed by atoms with E-state index >= 15 is 0 Å². The molecule has 1 aromatic carbocycles. The third-order valence-electron chi connectivity index (χ3n) is 5.26. The first-order chi connectivity index (χ1) is 12.1. The van der Waals surface area contributed by atoms with Crippen molar-refractivity contribution in [3.8, 4) is 5.75 Å². The molecule has 25 heavy (non-hydrogen) atoms. The third kappa shape index (κ3) is 3.72. The number of aliphatic hydroxyl groups excluding tert-OH is 1. The van der Waals surface area contributed by atoms with E-state index in [0.29, 0.717) is 12.5 Å². The van der Waals surface area contributed by atoms with Gasteiger partial charge in [-0.1, -0.05) is 17.7 Å². The number of ether oxygens (including phenoxy) is 1. The molecular weight excluding hydrogens is 314 g/mol. The van der Waals surface area contributed by atoms with Gasteiger partial charge in [0.15, 0.2) is 0 Å². The number of hydrogen-bond acceptors (Lipinski definition) is 4. The number of aliphatic hydroxyl groups is 1. The number of rotatable bonds is 6. The van der Waals surface area contributed by atoms with Crippen molar-refractivity contribution in [3.63, 3.8) is 0 Å². The fourth-order valence-electron chi connectivity index (χ4n) is 3.58. The van der Waals surface area contributed by atoms with Crippen LogP contribution in [0.2, 0.25) is 0 Å². The van der Waals surface area contributed by atoms with E-state index < -0.39 is 0 Å². The van der Waals surface area contributed by atoms with Crippen molar-refractivity contribution in [2.45, 2.75) is 45.9 Å². The highest BCUT2D eigenvalue weighted by atomic mass is 16.5. The molecule has 1 N–H and O–H groups in total. The maximum absolute atomic E-state index is 10.3. The van der Waals surface area contributed by atoms with Crippen molar-refractivity contribution in [1.82, 2.24) is 14.7 Å². The Kier molecular flexibility index (Phi) is 4.52. The van der Waals surface area contributed by atoms with Gasteiger partial charge in [0.2, 0.25) is 0 Å². The van der Waals surface area contributed by atoms with Gasteiger partial charge in [-0.05, 0) is 50.3 Å². The van der Waals surface area contributed by atoms with E-state index in [1.807, 2.05) is 0 Å². The van der Waals surface area contributed by atoms with Crippen molar-refractivity contribution < 1.29 is 9.84 Å². The van der Waals surface area contributed by atoms with Crippen LogP contribution >= 0.6 is 0 Å². The van der Waals surface area contributed by atoms with Crippen LogP contribution in [-0.2, 0) is 13.1 Å². The zero-order valence-electron chi connectivity index (χ0n) is 15.1. The smallest absolute Gasteiger partial charge is 0.122 e. The van der Waals surface area contributed by atoms with Crippen molar-refractivity contribution in [2.24, 2.45) is 5.92 Å². The van der Waals surface area contributed by atoms with Gasteiger partial charge in [-0.2, -0.15) is 5.10 Å². The van der Waals surface area contributed by atoms with E-state index in [4.69, 9.17) is 4.74 Å². The first-order valence-electron chi connectivity index (χ1n) is 9.27. The van der Waals surface area contributed by atoms with Crippen molar-refractivity contribution in [1.29, 1.82) is 0 Å². The molecule has 1 aliphatic heterocycles. The lowest BCUT2D eigenvalue weighted by Gasteiger charge is -2.27. The van der Waals surface area contributed by atoms with Crippen LogP contribution in [0.5, 0.6) is 5.75 Å². The quantitative estimate of drug-likeness (QED) is 0.878. The average molecular weight is 341 g/mol. The molecule has 1 saturated carbocycles. The van der Waals surface area contributed by atoms with Gasteiger partial charge in [-0.25, -0.2) is 0 Å². The number of nitrogens with zero attached hydrogens (tertiary/aromatic N) is 3. The second-order valence-electron chi connectivity index (χ2n) is 7.46. The molecule has 1 aromatic heterocycles. The van der Waals surface area contributed by atoms with Gasteiger partial charge < -0.3 is 9.84 Å². The van der Waals surface area contributed by atoms with Gasteiger partial charge in [0, 0.05) is 19.6 Å². The monoisotopic (exact) mass is 341 g/mol. The molecule has 0 bridgehead atoms. The summed E-state index contributed by atoms with van der Waals surface area (Å²) < 4.78 is 8.02. The third-order valence-corrected chi connectivity index (χ3v) is 5.26. The van der Waals surface area contributed by atoms with E-state index in [0.717, 1.165) is 50.5 Å². The average Bonchev–Trinajstić information content (AvgIpc) is 3.35. The van der Waals surface area contributed by atoms with E-state index in [-0.39, 0.29) is 6.10 Å². The minimum atomic E-state index is -0.376. The number of aromatic nitrogens is 2. The Hall–Kier alpha value is -1.85. The summed E-state index contributed by atoms with van der Waals surface area (Å²) in [6.45, 7) is 8.52. The molecule has 2 aliphatic rings. The molecule has 0 amide bonds. The lowest BCUT2D eigenvalue weighted by molar-refractivity contribution is 0.147. The molecule has 5 nitrogen and oxygen atoms in total. The standard InChI is InChI=1S/C20H27N3O2/c1-14-3-6-19(15(2)11-14)25-10-9-22-7-8-23-17(13-22)12-18(21-23)20(24)16-4-5-16/h3,6,11-12,16,20,24H,4-5,7-10,13H2,1-2H3/t20-/m0/s1. The van der Waals surface area contributed by atoms with Gasteiger partial charge in [-0.15, -0.1) is 0 Å². The van der Waals surface area contributed by atoms with Gasteiger partial charge in [0.25, 0.3) is 0 Å². The van der Waals surface area contributed by atoms with Crippen LogP contribution in [0, 0.1) is 19.8 Å². The molecule has 0 saturated heterocycles. The second kappa shape index (κ2) is 6.81. The summed E-state index contributed by atoms with van der Waals surface area (Å²) in [7, 11) is 0. The number of aryl methyl sites for hydroxylation is 2. The Morgan fingerprint density at radius 3 is 2.84 bits per heavy atom. The largest absolute Gasteiger partial charge is 0.492 e. The van der Waals surface area contributed by atoms with E-state index in [9.17, 15) is 5.11 Å². The van der Waals surface area contributed by atoms with E-state index in [1.165, 1.54) is 16.8 Å². The Morgan fingerprint density at radius 1 is 1.24 bits per heavy atom. The second-order valence-corrected chi connectivity index (χ2v) is 7.46. The minimum Gasteiger partial charge on any atom is -0.492 e. The Balaban J connectivity index is 1.31. The molecule has 0 spiro atoms. The molecule has 2 heterocycles. The van der Waals surface area contributed by atoms with Crippen LogP contribution in [0.3, 0.4) is 0 Å². The predicted octanol–water partition coefficient (Wildman–Crippen LogP) is 2.84. The molecule has 1 atom stereocenters. The maximum atomic E-state index is 10.3. The maximum Gasteiger partial charge on any atom is 0.122 e. The molecule has 5 heteroatoms. The highest BCUT2D eigenvalue weighted by molar-refractivity contribution is 5.35. The molecule has 2 aromatic rings. The summed E-state index contributed by atoms with van der Waals surface area (Å²) in [5.41, 5.74) is 4.51. The van der Waals surface area contributed by atoms with Crippen molar-refractivity contribution in [2.75, 3.05) is 19.7 Å². The predicted molar refractivity (Wildman–Crippen MR) is 96.6 cm³/mol. The van der Waals surface area contributed by atoms with Gasteiger partial charge in [-0.3, -0.25) is 9.58 Å². The summed E-state index contributed by atoms with van der Waals surface area (Å²) in [4.78, 5) is 2.40. The van der Waals surface area contributed by atoms with Gasteiger partial charge in [0.1, 0.15) is 18.5 Å². The van der Waals surface area contributed by atoms with Crippen LogP contribution < -0.4 is 4.74 Å². The van der Waals surface area contributed by atoms with Crippen LogP contribution in [-0.4, -0.2) is 39.5 Å². The zero-order chi connectivity index (χ0) is 17.4. The first-order valence-corrected chi connectivity index (χ1v) is 9.27. The van der Waals surface area contributed by atoms with Crippen LogP contribution in [0.15, 0.2) is 24.3 Å². The number of fused-ring (bicyclic) bond motifs is 1. The van der Waals surface area contributed by atoms with Crippen molar-refractivity contribution in [3.05, 3.63) is 46.8 Å². The zero-order valence-corrected chi connectivity index (χ0v) is 15.1. The molecule has 1 aliphatic carbocycles. The normalized spacial score (nSPS) is 18.8. The van der Waals surface area contributed by atoms with Crippen LogP contribution in [0.1, 0.15) is 41.5 Å². The molecule has 134 valence electrons. The van der Waals surface area contributed by atoms with Crippen LogP contribution in [0.4, 0.5) is 0 Å². The Bertz CT molecular complexity index is 751. The van der Waals surface area contributed by atoms with Gasteiger partial charge >= 0.3 is 0 Å². The number of hydrogen-bond donors (Lipinski definition) is 1. The Morgan fingerprint density at radius 2 is 2.08 bits per heavy atom. The molecule has 1 fully saturated rings. The highest BCUT2D eigenvalue weighted by Gasteiger charge is 2.33. The topological polar surface area (TPSA) is 50.5 Å². The molecular formula is C20H27N3O2.